The molecule has 1 aliphatic heterocycles. The van der Waals surface area contributed by atoms with Crippen LogP contribution < -0.4 is 0 Å². The van der Waals surface area contributed by atoms with E-state index in [1.807, 2.05) is 13.8 Å². The lowest BCUT2D eigenvalue weighted by Gasteiger charge is -2.71. The highest BCUT2D eigenvalue weighted by atomic mass is 127. The number of rotatable bonds is 1. The van der Waals surface area contributed by atoms with Gasteiger partial charge in [0.15, 0.2) is 0 Å². The highest BCUT2D eigenvalue weighted by Gasteiger charge is 2.60. The molecule has 11 heavy (non-hydrogen) atoms. The summed E-state index contributed by atoms with van der Waals surface area (Å²) in [7, 11) is 1.79. The molecule has 0 aromatic carbocycles. The number of alkyl halides is 1. The molecule has 66 valence electrons. The number of hydroxylamine groups is 3. The molecule has 0 radical (unpaired) electrons. The number of nitrogens with zero attached hydrogens (tertiary/aromatic N) is 1. The van der Waals surface area contributed by atoms with Gasteiger partial charge in [-0.15, -0.1) is 0 Å². The predicted molar refractivity (Wildman–Crippen MR) is 55.5 cm³/mol. The standard InChI is InChI=1S/C8H16INO/c1-7(2)5-8(3,6-9)10(7,4)11/h5-6H2,1-4H3. The minimum absolute atomic E-state index is 0.0376. The van der Waals surface area contributed by atoms with Crippen molar-refractivity contribution in [1.82, 2.24) is 0 Å². The van der Waals surface area contributed by atoms with Crippen LogP contribution in [0.15, 0.2) is 0 Å². The second-order valence-electron chi connectivity index (χ2n) is 4.54. The zero-order valence-corrected chi connectivity index (χ0v) is 9.81. The van der Waals surface area contributed by atoms with Crippen molar-refractivity contribution in [2.45, 2.75) is 38.3 Å². The molecule has 1 saturated heterocycles. The topological polar surface area (TPSA) is 23.1 Å². The Morgan fingerprint density at radius 3 is 2.00 bits per heavy atom. The van der Waals surface area contributed by atoms with E-state index >= 15 is 0 Å². The van der Waals surface area contributed by atoms with E-state index in [4.69, 9.17) is 0 Å². The molecule has 2 atom stereocenters. The van der Waals surface area contributed by atoms with Crippen molar-refractivity contribution in [1.29, 1.82) is 0 Å². The monoisotopic (exact) mass is 269 g/mol. The van der Waals surface area contributed by atoms with Gasteiger partial charge in [-0.25, -0.2) is 0 Å². The first-order valence-corrected chi connectivity index (χ1v) is 5.43. The molecule has 0 N–H and O–H groups in total. The summed E-state index contributed by atoms with van der Waals surface area (Å²) >= 11 is 2.31. The molecule has 1 fully saturated rings. The summed E-state index contributed by atoms with van der Waals surface area (Å²) in [6.45, 7) is 6.18. The fourth-order valence-electron chi connectivity index (χ4n) is 2.03. The lowest BCUT2D eigenvalue weighted by atomic mass is 9.72. The van der Waals surface area contributed by atoms with Crippen molar-refractivity contribution in [3.05, 3.63) is 5.21 Å². The molecule has 1 heterocycles. The Labute approximate surface area is 82.3 Å². The summed E-state index contributed by atoms with van der Waals surface area (Å²) in [6.07, 6.45) is 1.04. The number of likely N-dealkylation sites (tertiary alicyclic amines) is 1. The van der Waals surface area contributed by atoms with Crippen LogP contribution in [0.5, 0.6) is 0 Å². The predicted octanol–water partition coefficient (Wildman–Crippen LogP) is 2.31. The van der Waals surface area contributed by atoms with Crippen LogP contribution in [0.2, 0.25) is 0 Å². The average molecular weight is 269 g/mol. The van der Waals surface area contributed by atoms with Gasteiger partial charge < -0.3 is 9.85 Å². The molecule has 0 amide bonds. The van der Waals surface area contributed by atoms with Crippen molar-refractivity contribution < 1.29 is 4.65 Å². The van der Waals surface area contributed by atoms with Crippen LogP contribution in [0.4, 0.5) is 0 Å². The van der Waals surface area contributed by atoms with E-state index in [0.29, 0.717) is 0 Å². The molecule has 0 aliphatic carbocycles. The van der Waals surface area contributed by atoms with Gasteiger partial charge in [0.25, 0.3) is 0 Å². The summed E-state index contributed by atoms with van der Waals surface area (Å²) in [5.74, 6) is 0. The Morgan fingerprint density at radius 1 is 1.45 bits per heavy atom. The smallest absolute Gasteiger partial charge is 0.111 e. The maximum atomic E-state index is 12.0. The summed E-state index contributed by atoms with van der Waals surface area (Å²) in [5.41, 5.74) is -0.107. The highest BCUT2D eigenvalue weighted by Crippen LogP contribution is 2.50. The van der Waals surface area contributed by atoms with Crippen molar-refractivity contribution in [2.24, 2.45) is 0 Å². The molecule has 2 nitrogen and oxygen atoms in total. The minimum atomic E-state index is -0.0804. The first kappa shape index (κ1) is 9.74. The van der Waals surface area contributed by atoms with Crippen LogP contribution in [-0.2, 0) is 0 Å². The number of hydrogen-bond acceptors (Lipinski definition) is 1. The Kier molecular flexibility index (Phi) is 2.06. The molecule has 0 saturated carbocycles. The van der Waals surface area contributed by atoms with Gasteiger partial charge in [-0.05, 0) is 20.8 Å². The second kappa shape index (κ2) is 2.33. The number of halogens is 1. The fourth-order valence-corrected chi connectivity index (χ4v) is 2.96. The third-order valence-electron chi connectivity index (χ3n) is 3.29. The van der Waals surface area contributed by atoms with Gasteiger partial charge in [-0.3, -0.25) is 0 Å². The van der Waals surface area contributed by atoms with Crippen LogP contribution in [0.25, 0.3) is 0 Å². The van der Waals surface area contributed by atoms with E-state index in [1.165, 1.54) is 0 Å². The average Bonchev–Trinajstić information content (AvgIpc) is 1.86. The van der Waals surface area contributed by atoms with Gasteiger partial charge in [-0.2, -0.15) is 0 Å². The zero-order chi connectivity index (χ0) is 8.91. The molecule has 0 aromatic rings. The first-order chi connectivity index (χ1) is 4.77. The number of quaternary nitrogens is 1. The third kappa shape index (κ3) is 1.04. The van der Waals surface area contributed by atoms with Crippen LogP contribution >= 0.6 is 22.6 Å². The van der Waals surface area contributed by atoms with E-state index in [9.17, 15) is 5.21 Å². The summed E-state index contributed by atoms with van der Waals surface area (Å²) < 4.78 is 0.872. The third-order valence-corrected chi connectivity index (χ3v) is 4.93. The summed E-state index contributed by atoms with van der Waals surface area (Å²) in [6, 6.07) is 0. The Balaban J connectivity index is 2.84. The quantitative estimate of drug-likeness (QED) is 0.310. The highest BCUT2D eigenvalue weighted by molar-refractivity contribution is 14.1. The molecule has 0 spiro atoms. The van der Waals surface area contributed by atoms with Crippen molar-refractivity contribution >= 4 is 22.6 Å². The van der Waals surface area contributed by atoms with Crippen LogP contribution in [-0.4, -0.2) is 27.2 Å². The first-order valence-electron chi connectivity index (χ1n) is 3.90. The largest absolute Gasteiger partial charge is 0.632 e. The van der Waals surface area contributed by atoms with Crippen molar-refractivity contribution in [3.63, 3.8) is 0 Å². The van der Waals surface area contributed by atoms with Crippen molar-refractivity contribution in [2.75, 3.05) is 11.5 Å². The van der Waals surface area contributed by atoms with E-state index in [2.05, 4.69) is 29.5 Å². The fraction of sp³-hybridized carbons (Fsp3) is 1.00. The van der Waals surface area contributed by atoms with E-state index in [0.717, 1.165) is 10.8 Å². The van der Waals surface area contributed by atoms with Gasteiger partial charge in [0.1, 0.15) is 5.54 Å². The van der Waals surface area contributed by atoms with Gasteiger partial charge in [-0.1, -0.05) is 22.6 Å². The van der Waals surface area contributed by atoms with Crippen molar-refractivity contribution in [3.8, 4) is 0 Å². The van der Waals surface area contributed by atoms with Crippen LogP contribution in [0.3, 0.4) is 0 Å². The maximum Gasteiger partial charge on any atom is 0.111 e. The normalized spacial score (nSPS) is 48.5. The lowest BCUT2D eigenvalue weighted by Crippen LogP contribution is -2.79. The van der Waals surface area contributed by atoms with Gasteiger partial charge in [0.05, 0.1) is 23.4 Å². The van der Waals surface area contributed by atoms with Crippen LogP contribution in [0.1, 0.15) is 27.2 Å². The molecule has 2 unspecified atom stereocenters. The summed E-state index contributed by atoms with van der Waals surface area (Å²) in [5, 5.41) is 12.0. The zero-order valence-electron chi connectivity index (χ0n) is 7.65. The van der Waals surface area contributed by atoms with E-state index in [1.54, 1.807) is 7.05 Å². The maximum absolute atomic E-state index is 12.0. The molecular weight excluding hydrogens is 253 g/mol. The van der Waals surface area contributed by atoms with Gasteiger partial charge >= 0.3 is 0 Å². The van der Waals surface area contributed by atoms with Crippen LogP contribution in [0, 0.1) is 5.21 Å². The van der Waals surface area contributed by atoms with Gasteiger partial charge in [0.2, 0.25) is 0 Å². The Bertz CT molecular complexity index is 179. The number of hydrogen-bond donors (Lipinski definition) is 0. The molecule has 0 aromatic heterocycles. The summed E-state index contributed by atoms with van der Waals surface area (Å²) in [4.78, 5) is 0. The Hall–Kier alpha value is 0.650. The molecule has 3 heteroatoms. The Morgan fingerprint density at radius 2 is 1.91 bits per heavy atom. The van der Waals surface area contributed by atoms with E-state index < -0.39 is 0 Å². The molecule has 1 rings (SSSR count). The lowest BCUT2D eigenvalue weighted by molar-refractivity contribution is -1.00. The van der Waals surface area contributed by atoms with E-state index in [-0.39, 0.29) is 15.7 Å². The second-order valence-corrected chi connectivity index (χ2v) is 5.31. The SMILES string of the molecule is CC1(C)CC(C)(CI)[N+]1(C)[O-]. The molecule has 1 aliphatic rings. The minimum Gasteiger partial charge on any atom is -0.632 e. The molecule has 0 bridgehead atoms. The molecular formula is C8H16INO. The van der Waals surface area contributed by atoms with Gasteiger partial charge in [0, 0.05) is 0 Å².